The molecule has 1 amide bonds. The van der Waals surface area contributed by atoms with E-state index in [4.69, 9.17) is 28.3 Å². The Hall–Kier alpha value is -0.810. The molecule has 102 valence electrons. The van der Waals surface area contributed by atoms with Crippen LogP contribution in [0.1, 0.15) is 23.0 Å². The number of aliphatic hydroxyl groups excluding tert-OH is 1. The summed E-state index contributed by atoms with van der Waals surface area (Å²) in [5, 5.41) is 13.8. The Morgan fingerprint density at radius 2 is 2.21 bits per heavy atom. The van der Waals surface area contributed by atoms with Gasteiger partial charge in [0.1, 0.15) is 4.88 Å². The minimum Gasteiger partial charge on any atom is -0.393 e. The van der Waals surface area contributed by atoms with Crippen molar-refractivity contribution >= 4 is 50.5 Å². The second kappa shape index (κ2) is 6.09. The second-order valence-electron chi connectivity index (χ2n) is 4.28. The zero-order valence-electron chi connectivity index (χ0n) is 10.2. The number of halogens is 2. The molecule has 0 saturated heterocycles. The van der Waals surface area contributed by atoms with Gasteiger partial charge >= 0.3 is 0 Å². The van der Waals surface area contributed by atoms with E-state index in [1.807, 2.05) is 6.07 Å². The van der Waals surface area contributed by atoms with Gasteiger partial charge in [0.15, 0.2) is 0 Å². The fourth-order valence-corrected chi connectivity index (χ4v) is 3.37. The Kier molecular flexibility index (Phi) is 4.68. The highest BCUT2D eigenvalue weighted by atomic mass is 35.5. The summed E-state index contributed by atoms with van der Waals surface area (Å²) in [5.41, 5.74) is 0. The van der Waals surface area contributed by atoms with Crippen molar-refractivity contribution in [1.29, 1.82) is 0 Å². The summed E-state index contributed by atoms with van der Waals surface area (Å²) in [6, 6.07) is 5.35. The molecule has 1 aromatic heterocycles. The lowest BCUT2D eigenvalue weighted by atomic mass is 10.2. The number of rotatable bonds is 4. The van der Waals surface area contributed by atoms with Gasteiger partial charge in [0, 0.05) is 21.7 Å². The molecule has 0 spiro atoms. The van der Waals surface area contributed by atoms with Gasteiger partial charge in [-0.15, -0.1) is 11.3 Å². The maximum Gasteiger partial charge on any atom is 0.262 e. The van der Waals surface area contributed by atoms with Gasteiger partial charge in [0.25, 0.3) is 5.91 Å². The summed E-state index contributed by atoms with van der Waals surface area (Å²) in [6.07, 6.45) is 0.0806. The van der Waals surface area contributed by atoms with Crippen LogP contribution in [-0.2, 0) is 0 Å². The number of nitrogens with one attached hydrogen (secondary N) is 1. The Labute approximate surface area is 125 Å². The quantitative estimate of drug-likeness (QED) is 0.903. The molecule has 2 rings (SSSR count). The molecule has 0 aliphatic rings. The van der Waals surface area contributed by atoms with Crippen LogP contribution < -0.4 is 5.32 Å². The third kappa shape index (κ3) is 3.39. The van der Waals surface area contributed by atoms with Crippen LogP contribution in [0.2, 0.25) is 10.0 Å². The van der Waals surface area contributed by atoms with Crippen LogP contribution in [0.25, 0.3) is 10.1 Å². The number of aliphatic hydroxyl groups is 1. The average molecular weight is 318 g/mol. The van der Waals surface area contributed by atoms with Gasteiger partial charge in [-0.3, -0.25) is 4.79 Å². The maximum atomic E-state index is 12.0. The first-order chi connectivity index (χ1) is 8.99. The van der Waals surface area contributed by atoms with Crippen molar-refractivity contribution in [2.75, 3.05) is 6.54 Å². The molecule has 2 aromatic rings. The van der Waals surface area contributed by atoms with E-state index in [0.717, 1.165) is 10.1 Å². The monoisotopic (exact) mass is 317 g/mol. The standard InChI is InChI=1S/C13H13Cl2NO2S/c1-7(17)4-5-16-13(18)12-11(15)9-3-2-8(14)6-10(9)19-12/h2-3,6-7,17H,4-5H2,1H3,(H,16,18). The van der Waals surface area contributed by atoms with E-state index >= 15 is 0 Å². The van der Waals surface area contributed by atoms with Crippen LogP contribution in [0.4, 0.5) is 0 Å². The predicted molar refractivity (Wildman–Crippen MR) is 80.5 cm³/mol. The van der Waals surface area contributed by atoms with Crippen molar-refractivity contribution in [3.8, 4) is 0 Å². The van der Waals surface area contributed by atoms with Gasteiger partial charge < -0.3 is 10.4 Å². The fraction of sp³-hybridized carbons (Fsp3) is 0.308. The van der Waals surface area contributed by atoms with Gasteiger partial charge in [-0.25, -0.2) is 0 Å². The molecule has 19 heavy (non-hydrogen) atoms. The lowest BCUT2D eigenvalue weighted by Crippen LogP contribution is -2.25. The highest BCUT2D eigenvalue weighted by Crippen LogP contribution is 2.36. The first kappa shape index (κ1) is 14.6. The normalized spacial score (nSPS) is 12.6. The summed E-state index contributed by atoms with van der Waals surface area (Å²) in [4.78, 5) is 12.5. The molecular formula is C13H13Cl2NO2S. The molecule has 0 radical (unpaired) electrons. The highest BCUT2D eigenvalue weighted by Gasteiger charge is 2.17. The first-order valence-electron chi connectivity index (χ1n) is 5.83. The number of fused-ring (bicyclic) bond motifs is 1. The van der Waals surface area contributed by atoms with E-state index in [0.29, 0.717) is 27.9 Å². The van der Waals surface area contributed by atoms with E-state index in [2.05, 4.69) is 5.32 Å². The minimum absolute atomic E-state index is 0.219. The Balaban J connectivity index is 2.20. The van der Waals surface area contributed by atoms with E-state index in [1.54, 1.807) is 19.1 Å². The molecule has 2 N–H and O–H groups in total. The maximum absolute atomic E-state index is 12.0. The fourth-order valence-electron chi connectivity index (χ4n) is 1.66. The summed E-state index contributed by atoms with van der Waals surface area (Å²) in [5.74, 6) is -0.219. The second-order valence-corrected chi connectivity index (χ2v) is 6.15. The van der Waals surface area contributed by atoms with Crippen molar-refractivity contribution < 1.29 is 9.90 Å². The van der Waals surface area contributed by atoms with E-state index < -0.39 is 6.10 Å². The summed E-state index contributed by atoms with van der Waals surface area (Å²) < 4.78 is 0.887. The zero-order chi connectivity index (χ0) is 14.0. The highest BCUT2D eigenvalue weighted by molar-refractivity contribution is 7.21. The molecule has 0 fully saturated rings. The van der Waals surface area contributed by atoms with Crippen LogP contribution in [-0.4, -0.2) is 23.7 Å². The molecule has 1 aromatic carbocycles. The molecule has 0 aliphatic carbocycles. The molecule has 0 bridgehead atoms. The van der Waals surface area contributed by atoms with Gasteiger partial charge in [-0.05, 0) is 25.5 Å². The molecule has 1 heterocycles. The number of carbonyl (C=O) groups is 1. The number of carbonyl (C=O) groups excluding carboxylic acids is 1. The summed E-state index contributed by atoms with van der Waals surface area (Å²) in [7, 11) is 0. The molecule has 0 saturated carbocycles. The van der Waals surface area contributed by atoms with Gasteiger partial charge in [0.05, 0.1) is 11.1 Å². The third-order valence-corrected chi connectivity index (χ3v) is 4.54. The topological polar surface area (TPSA) is 49.3 Å². The first-order valence-corrected chi connectivity index (χ1v) is 7.40. The van der Waals surface area contributed by atoms with E-state index in [9.17, 15) is 4.79 Å². The van der Waals surface area contributed by atoms with Crippen molar-refractivity contribution in [1.82, 2.24) is 5.32 Å². The van der Waals surface area contributed by atoms with Crippen molar-refractivity contribution in [3.63, 3.8) is 0 Å². The zero-order valence-corrected chi connectivity index (χ0v) is 12.6. The lowest BCUT2D eigenvalue weighted by Gasteiger charge is -2.05. The molecule has 3 nitrogen and oxygen atoms in total. The molecule has 0 aliphatic heterocycles. The van der Waals surface area contributed by atoms with Crippen molar-refractivity contribution in [2.45, 2.75) is 19.4 Å². The number of hydrogen-bond donors (Lipinski definition) is 2. The SMILES string of the molecule is CC(O)CCNC(=O)c1sc2cc(Cl)ccc2c1Cl. The van der Waals surface area contributed by atoms with Gasteiger partial charge in [-0.1, -0.05) is 29.3 Å². The predicted octanol–water partition coefficient (Wildman–Crippen LogP) is 3.71. The Bertz CT molecular complexity index is 610. The van der Waals surface area contributed by atoms with Crippen LogP contribution >= 0.6 is 34.5 Å². The third-order valence-electron chi connectivity index (χ3n) is 2.65. The number of amides is 1. The van der Waals surface area contributed by atoms with Crippen LogP contribution in [0.3, 0.4) is 0 Å². The molecular weight excluding hydrogens is 305 g/mol. The average Bonchev–Trinajstić information content (AvgIpc) is 2.65. The number of thiophene rings is 1. The van der Waals surface area contributed by atoms with E-state index in [-0.39, 0.29) is 5.91 Å². The number of benzene rings is 1. The largest absolute Gasteiger partial charge is 0.393 e. The smallest absolute Gasteiger partial charge is 0.262 e. The van der Waals surface area contributed by atoms with Gasteiger partial charge in [-0.2, -0.15) is 0 Å². The van der Waals surface area contributed by atoms with Crippen LogP contribution in [0.5, 0.6) is 0 Å². The van der Waals surface area contributed by atoms with Crippen LogP contribution in [0.15, 0.2) is 18.2 Å². The van der Waals surface area contributed by atoms with E-state index in [1.165, 1.54) is 11.3 Å². The van der Waals surface area contributed by atoms with Crippen molar-refractivity contribution in [2.24, 2.45) is 0 Å². The molecule has 1 unspecified atom stereocenters. The summed E-state index contributed by atoms with van der Waals surface area (Å²) >= 11 is 13.4. The van der Waals surface area contributed by atoms with Crippen LogP contribution in [0, 0.1) is 0 Å². The van der Waals surface area contributed by atoms with Crippen molar-refractivity contribution in [3.05, 3.63) is 33.1 Å². The molecule has 1 atom stereocenters. The number of hydrogen-bond acceptors (Lipinski definition) is 3. The molecule has 6 heteroatoms. The Morgan fingerprint density at radius 3 is 2.89 bits per heavy atom. The Morgan fingerprint density at radius 1 is 1.47 bits per heavy atom. The minimum atomic E-state index is -0.433. The lowest BCUT2D eigenvalue weighted by molar-refractivity contribution is 0.0950. The van der Waals surface area contributed by atoms with Gasteiger partial charge in [0.2, 0.25) is 0 Å². The summed E-state index contributed by atoms with van der Waals surface area (Å²) in [6.45, 7) is 2.10.